The number of carbonyl (C=O) groups is 1. The van der Waals surface area contributed by atoms with Crippen LogP contribution >= 0.6 is 0 Å². The summed E-state index contributed by atoms with van der Waals surface area (Å²) in [6.07, 6.45) is 5.80. The van der Waals surface area contributed by atoms with E-state index in [9.17, 15) is 4.79 Å². The molecule has 2 heterocycles. The van der Waals surface area contributed by atoms with Crippen molar-refractivity contribution < 1.29 is 9.53 Å². The smallest absolute Gasteiger partial charge is 0.410 e. The van der Waals surface area contributed by atoms with Gasteiger partial charge in [-0.25, -0.2) is 4.79 Å². The van der Waals surface area contributed by atoms with Crippen LogP contribution in [0.3, 0.4) is 0 Å². The van der Waals surface area contributed by atoms with Gasteiger partial charge >= 0.3 is 6.09 Å². The Morgan fingerprint density at radius 1 is 1.43 bits per heavy atom. The fourth-order valence-electron chi connectivity index (χ4n) is 2.77. The molecule has 1 aliphatic heterocycles. The zero-order valence-electron chi connectivity index (χ0n) is 15.0. The van der Waals surface area contributed by atoms with Crippen LogP contribution in [-0.2, 0) is 11.8 Å². The Bertz CT molecular complexity index is 513. The Labute approximate surface area is 139 Å². The van der Waals surface area contributed by atoms with Crippen LogP contribution < -0.4 is 5.32 Å². The molecule has 1 atom stereocenters. The van der Waals surface area contributed by atoms with Crippen molar-refractivity contribution in [2.45, 2.75) is 52.2 Å². The molecule has 2 rings (SSSR count). The van der Waals surface area contributed by atoms with Gasteiger partial charge in [-0.1, -0.05) is 0 Å². The van der Waals surface area contributed by atoms with E-state index in [2.05, 4.69) is 17.3 Å². The first-order valence-corrected chi connectivity index (χ1v) is 8.44. The number of rotatable bonds is 4. The molecular formula is C17H30N4O2. The lowest BCUT2D eigenvalue weighted by molar-refractivity contribution is 0.0183. The monoisotopic (exact) mass is 322 g/mol. The fourth-order valence-corrected chi connectivity index (χ4v) is 2.77. The molecule has 0 saturated carbocycles. The lowest BCUT2D eigenvalue weighted by Gasteiger charge is -2.33. The van der Waals surface area contributed by atoms with Gasteiger partial charge in [0.05, 0.1) is 6.20 Å². The van der Waals surface area contributed by atoms with Crippen molar-refractivity contribution in [1.82, 2.24) is 20.0 Å². The average Bonchev–Trinajstić information content (AvgIpc) is 2.90. The molecule has 1 N–H and O–H groups in total. The van der Waals surface area contributed by atoms with Crippen molar-refractivity contribution in [3.63, 3.8) is 0 Å². The first kappa shape index (κ1) is 17.8. The second-order valence-corrected chi connectivity index (χ2v) is 7.49. The van der Waals surface area contributed by atoms with E-state index in [1.807, 2.05) is 49.8 Å². The van der Waals surface area contributed by atoms with Gasteiger partial charge in [0.15, 0.2) is 0 Å². The summed E-state index contributed by atoms with van der Waals surface area (Å²) in [5.41, 5.74) is 0.785. The van der Waals surface area contributed by atoms with E-state index < -0.39 is 5.60 Å². The number of hydrogen-bond acceptors (Lipinski definition) is 4. The van der Waals surface area contributed by atoms with Crippen molar-refractivity contribution in [3.05, 3.63) is 18.0 Å². The second-order valence-electron chi connectivity index (χ2n) is 7.49. The molecule has 0 spiro atoms. The third kappa shape index (κ3) is 5.53. The Hall–Kier alpha value is -1.56. The highest BCUT2D eigenvalue weighted by Crippen LogP contribution is 2.20. The summed E-state index contributed by atoms with van der Waals surface area (Å²) < 4.78 is 7.26. The average molecular weight is 322 g/mol. The Kier molecular flexibility index (Phi) is 5.68. The van der Waals surface area contributed by atoms with Crippen LogP contribution in [0.2, 0.25) is 0 Å². The fraction of sp³-hybridized carbons (Fsp3) is 0.765. The van der Waals surface area contributed by atoms with Crippen molar-refractivity contribution in [2.75, 3.05) is 19.6 Å². The highest BCUT2D eigenvalue weighted by atomic mass is 16.6. The van der Waals surface area contributed by atoms with Gasteiger partial charge in [-0.2, -0.15) is 5.10 Å². The Morgan fingerprint density at radius 3 is 2.61 bits per heavy atom. The maximum absolute atomic E-state index is 12.1. The lowest BCUT2D eigenvalue weighted by atomic mass is 9.96. The Morgan fingerprint density at radius 2 is 2.09 bits per heavy atom. The summed E-state index contributed by atoms with van der Waals surface area (Å²) in [7, 11) is 1.93. The van der Waals surface area contributed by atoms with Gasteiger partial charge in [-0.3, -0.25) is 4.68 Å². The third-order valence-electron chi connectivity index (χ3n) is 4.20. The predicted octanol–water partition coefficient (Wildman–Crippen LogP) is 2.72. The van der Waals surface area contributed by atoms with Crippen LogP contribution in [0.1, 0.15) is 52.1 Å². The molecule has 0 bridgehead atoms. The summed E-state index contributed by atoms with van der Waals surface area (Å²) in [4.78, 5) is 13.9. The molecule has 1 aromatic rings. The first-order chi connectivity index (χ1) is 10.7. The molecule has 1 amide bonds. The first-order valence-electron chi connectivity index (χ1n) is 8.44. The highest BCUT2D eigenvalue weighted by Gasteiger charge is 2.26. The molecule has 6 nitrogen and oxygen atoms in total. The minimum atomic E-state index is -0.422. The number of ether oxygens (including phenoxy) is 1. The quantitative estimate of drug-likeness (QED) is 0.926. The maximum atomic E-state index is 12.1. The van der Waals surface area contributed by atoms with E-state index in [-0.39, 0.29) is 6.09 Å². The van der Waals surface area contributed by atoms with Gasteiger partial charge in [-0.15, -0.1) is 0 Å². The summed E-state index contributed by atoms with van der Waals surface area (Å²) in [6, 6.07) is 0.299. The lowest BCUT2D eigenvalue weighted by Crippen LogP contribution is -2.43. The van der Waals surface area contributed by atoms with Crippen LogP contribution in [0.4, 0.5) is 4.79 Å². The summed E-state index contributed by atoms with van der Waals surface area (Å²) >= 11 is 0. The van der Waals surface area contributed by atoms with Crippen LogP contribution in [0.15, 0.2) is 12.4 Å². The zero-order chi connectivity index (χ0) is 17.0. The van der Waals surface area contributed by atoms with Crippen molar-refractivity contribution >= 4 is 6.09 Å². The minimum absolute atomic E-state index is 0.187. The number of piperidine rings is 1. The largest absolute Gasteiger partial charge is 0.444 e. The number of aryl methyl sites for hydroxylation is 1. The minimum Gasteiger partial charge on any atom is -0.444 e. The van der Waals surface area contributed by atoms with Crippen LogP contribution in [0.25, 0.3) is 0 Å². The normalized spacial score (nSPS) is 18.0. The molecule has 0 radical (unpaired) electrons. The molecule has 1 aromatic heterocycles. The van der Waals surface area contributed by atoms with Crippen molar-refractivity contribution in [2.24, 2.45) is 13.0 Å². The number of aromatic nitrogens is 2. The van der Waals surface area contributed by atoms with Gasteiger partial charge < -0.3 is 15.0 Å². The molecular weight excluding hydrogens is 292 g/mol. The molecule has 0 unspecified atom stereocenters. The SMILES string of the molecule is C[C@@H](NCC1CCN(C(=O)OC(C)(C)C)CC1)c1cnn(C)c1. The van der Waals surface area contributed by atoms with Gasteiger partial charge in [0.2, 0.25) is 0 Å². The zero-order valence-corrected chi connectivity index (χ0v) is 15.0. The molecule has 0 aliphatic carbocycles. The van der Waals surface area contributed by atoms with Gasteiger partial charge in [-0.05, 0) is 53.0 Å². The molecule has 1 aliphatic rings. The number of nitrogens with zero attached hydrogens (tertiary/aromatic N) is 3. The van der Waals surface area contributed by atoms with Crippen molar-refractivity contribution in [3.8, 4) is 0 Å². The maximum Gasteiger partial charge on any atom is 0.410 e. The summed E-state index contributed by atoms with van der Waals surface area (Å²) in [6.45, 7) is 10.4. The molecule has 6 heteroatoms. The predicted molar refractivity (Wildman–Crippen MR) is 90.2 cm³/mol. The number of nitrogens with one attached hydrogen (secondary N) is 1. The number of amides is 1. The van der Waals surface area contributed by atoms with Gasteiger partial charge in [0.1, 0.15) is 5.60 Å². The molecule has 23 heavy (non-hydrogen) atoms. The van der Waals surface area contributed by atoms with E-state index in [1.165, 1.54) is 5.56 Å². The highest BCUT2D eigenvalue weighted by molar-refractivity contribution is 5.68. The molecule has 1 fully saturated rings. The summed E-state index contributed by atoms with van der Waals surface area (Å²) in [5, 5.41) is 7.79. The summed E-state index contributed by atoms with van der Waals surface area (Å²) in [5.74, 6) is 0.604. The van der Waals surface area contributed by atoms with Gasteiger partial charge in [0, 0.05) is 37.9 Å². The van der Waals surface area contributed by atoms with E-state index in [4.69, 9.17) is 4.74 Å². The van der Waals surface area contributed by atoms with E-state index in [0.29, 0.717) is 12.0 Å². The van der Waals surface area contributed by atoms with E-state index >= 15 is 0 Å². The van der Waals surface area contributed by atoms with Gasteiger partial charge in [0.25, 0.3) is 0 Å². The molecule has 0 aromatic carbocycles. The second kappa shape index (κ2) is 7.34. The number of likely N-dealkylation sites (tertiary alicyclic amines) is 1. The van der Waals surface area contributed by atoms with E-state index in [1.54, 1.807) is 0 Å². The Balaban J connectivity index is 1.71. The number of hydrogen-bond donors (Lipinski definition) is 1. The standard InChI is InChI=1S/C17H30N4O2/c1-13(15-11-19-20(5)12-15)18-10-14-6-8-21(9-7-14)16(22)23-17(2,3)4/h11-14,18H,6-10H2,1-5H3/t13-/m1/s1. The van der Waals surface area contributed by atoms with Crippen LogP contribution in [-0.4, -0.2) is 46.0 Å². The van der Waals surface area contributed by atoms with Crippen molar-refractivity contribution in [1.29, 1.82) is 0 Å². The molecule has 1 saturated heterocycles. The third-order valence-corrected chi connectivity index (χ3v) is 4.20. The van der Waals surface area contributed by atoms with E-state index in [0.717, 1.165) is 32.5 Å². The molecule has 130 valence electrons. The van der Waals surface area contributed by atoms with Crippen LogP contribution in [0, 0.1) is 5.92 Å². The topological polar surface area (TPSA) is 59.4 Å². The van der Waals surface area contributed by atoms with Crippen LogP contribution in [0.5, 0.6) is 0 Å². The number of carbonyl (C=O) groups excluding carboxylic acids is 1.